The quantitative estimate of drug-likeness (QED) is 0.609. The Balaban J connectivity index is 1.99. The fourth-order valence-electron chi connectivity index (χ4n) is 1.48. The second kappa shape index (κ2) is 6.54. The Morgan fingerprint density at radius 1 is 1.21 bits per heavy atom. The molecular formula is C15H17N3O. The first-order valence-electron chi connectivity index (χ1n) is 6.07. The molecule has 4 heteroatoms. The zero-order valence-electron chi connectivity index (χ0n) is 11.2. The SMILES string of the molecule is CN(C)C=Nc1cc(OCc2ccccc2)ccn1. The highest BCUT2D eigenvalue weighted by Gasteiger charge is 1.98. The summed E-state index contributed by atoms with van der Waals surface area (Å²) >= 11 is 0. The topological polar surface area (TPSA) is 37.7 Å². The Hall–Kier alpha value is -2.36. The van der Waals surface area contributed by atoms with Crippen LogP contribution >= 0.6 is 0 Å². The zero-order valence-corrected chi connectivity index (χ0v) is 11.2. The molecule has 1 aromatic carbocycles. The lowest BCUT2D eigenvalue weighted by molar-refractivity contribution is 0.306. The lowest BCUT2D eigenvalue weighted by atomic mass is 10.2. The summed E-state index contributed by atoms with van der Waals surface area (Å²) in [6, 6.07) is 13.7. The van der Waals surface area contributed by atoms with E-state index in [0.29, 0.717) is 12.4 Å². The minimum absolute atomic E-state index is 0.543. The third kappa shape index (κ3) is 4.43. The molecule has 0 bridgehead atoms. The van der Waals surface area contributed by atoms with E-state index in [2.05, 4.69) is 9.98 Å². The number of aromatic nitrogens is 1. The van der Waals surface area contributed by atoms with E-state index in [1.54, 1.807) is 12.5 Å². The standard InChI is InChI=1S/C15H17N3O/c1-18(2)12-17-15-10-14(8-9-16-15)19-11-13-6-4-3-5-7-13/h3-10,12H,11H2,1-2H3. The molecule has 0 amide bonds. The number of hydrogen-bond acceptors (Lipinski definition) is 3. The second-order valence-electron chi connectivity index (χ2n) is 4.33. The van der Waals surface area contributed by atoms with E-state index in [4.69, 9.17) is 4.74 Å². The average Bonchev–Trinajstić information content (AvgIpc) is 2.44. The number of ether oxygens (including phenoxy) is 1. The normalized spacial score (nSPS) is 10.6. The second-order valence-corrected chi connectivity index (χ2v) is 4.33. The molecule has 0 radical (unpaired) electrons. The summed E-state index contributed by atoms with van der Waals surface area (Å²) in [5, 5.41) is 0. The zero-order chi connectivity index (χ0) is 13.5. The third-order valence-electron chi connectivity index (χ3n) is 2.39. The third-order valence-corrected chi connectivity index (χ3v) is 2.39. The van der Waals surface area contributed by atoms with Crippen LogP contribution < -0.4 is 4.74 Å². The van der Waals surface area contributed by atoms with Gasteiger partial charge in [0.15, 0.2) is 5.82 Å². The van der Waals surface area contributed by atoms with Crippen molar-refractivity contribution in [2.45, 2.75) is 6.61 Å². The molecule has 0 saturated carbocycles. The molecule has 1 heterocycles. The number of nitrogens with zero attached hydrogens (tertiary/aromatic N) is 3. The maximum atomic E-state index is 5.71. The van der Waals surface area contributed by atoms with E-state index in [0.717, 1.165) is 11.3 Å². The van der Waals surface area contributed by atoms with E-state index >= 15 is 0 Å². The van der Waals surface area contributed by atoms with Crippen molar-refractivity contribution < 1.29 is 4.74 Å². The largest absolute Gasteiger partial charge is 0.489 e. The Kier molecular flexibility index (Phi) is 4.50. The maximum absolute atomic E-state index is 5.71. The summed E-state index contributed by atoms with van der Waals surface area (Å²) in [7, 11) is 3.83. The molecule has 0 aliphatic carbocycles. The summed E-state index contributed by atoms with van der Waals surface area (Å²) in [6.45, 7) is 0.543. The fraction of sp³-hybridized carbons (Fsp3) is 0.200. The highest BCUT2D eigenvalue weighted by Crippen LogP contribution is 2.17. The van der Waals surface area contributed by atoms with Gasteiger partial charge in [-0.05, 0) is 11.6 Å². The van der Waals surface area contributed by atoms with Crippen LogP contribution in [0.1, 0.15) is 5.56 Å². The molecule has 19 heavy (non-hydrogen) atoms. The van der Waals surface area contributed by atoms with Gasteiger partial charge in [-0.2, -0.15) is 0 Å². The van der Waals surface area contributed by atoms with Crippen LogP contribution in [0, 0.1) is 0 Å². The Morgan fingerprint density at radius 3 is 2.74 bits per heavy atom. The van der Waals surface area contributed by atoms with Gasteiger partial charge < -0.3 is 9.64 Å². The van der Waals surface area contributed by atoms with Crippen molar-refractivity contribution in [1.29, 1.82) is 0 Å². The van der Waals surface area contributed by atoms with Crippen molar-refractivity contribution in [3.05, 3.63) is 54.2 Å². The van der Waals surface area contributed by atoms with Crippen LogP contribution in [-0.2, 0) is 6.61 Å². The minimum atomic E-state index is 0.543. The summed E-state index contributed by atoms with van der Waals surface area (Å²) in [5.74, 6) is 1.41. The molecule has 0 aliphatic rings. The van der Waals surface area contributed by atoms with Crippen molar-refractivity contribution >= 4 is 12.2 Å². The van der Waals surface area contributed by atoms with Crippen molar-refractivity contribution in [3.63, 3.8) is 0 Å². The Bertz CT molecular complexity index is 538. The molecule has 2 rings (SSSR count). The fourth-order valence-corrected chi connectivity index (χ4v) is 1.48. The van der Waals surface area contributed by atoms with E-state index in [9.17, 15) is 0 Å². The van der Waals surface area contributed by atoms with Gasteiger partial charge in [-0.3, -0.25) is 0 Å². The molecular weight excluding hydrogens is 238 g/mol. The minimum Gasteiger partial charge on any atom is -0.489 e. The van der Waals surface area contributed by atoms with Crippen LogP contribution in [-0.4, -0.2) is 30.3 Å². The number of hydrogen-bond donors (Lipinski definition) is 0. The van der Waals surface area contributed by atoms with Crippen LogP contribution in [0.2, 0.25) is 0 Å². The molecule has 0 fully saturated rings. The van der Waals surface area contributed by atoms with Crippen molar-refractivity contribution in [1.82, 2.24) is 9.88 Å². The van der Waals surface area contributed by atoms with Gasteiger partial charge >= 0.3 is 0 Å². The predicted octanol–water partition coefficient (Wildman–Crippen LogP) is 2.88. The molecule has 4 nitrogen and oxygen atoms in total. The van der Waals surface area contributed by atoms with Gasteiger partial charge in [0.25, 0.3) is 0 Å². The van der Waals surface area contributed by atoms with Gasteiger partial charge in [0, 0.05) is 26.4 Å². The number of aliphatic imine (C=N–C) groups is 1. The van der Waals surface area contributed by atoms with Crippen LogP contribution in [0.15, 0.2) is 53.7 Å². The van der Waals surface area contributed by atoms with Gasteiger partial charge in [-0.15, -0.1) is 0 Å². The van der Waals surface area contributed by atoms with Gasteiger partial charge in [0.05, 0.1) is 6.34 Å². The lowest BCUT2D eigenvalue weighted by Crippen LogP contribution is -2.07. The van der Waals surface area contributed by atoms with E-state index in [-0.39, 0.29) is 0 Å². The first-order valence-corrected chi connectivity index (χ1v) is 6.07. The monoisotopic (exact) mass is 255 g/mol. The number of benzene rings is 1. The van der Waals surface area contributed by atoms with Crippen LogP contribution in [0.4, 0.5) is 5.82 Å². The summed E-state index contributed by atoms with van der Waals surface area (Å²) in [6.07, 6.45) is 3.41. The molecule has 0 unspecified atom stereocenters. The molecule has 98 valence electrons. The summed E-state index contributed by atoms with van der Waals surface area (Å²) in [5.41, 5.74) is 1.14. The smallest absolute Gasteiger partial charge is 0.157 e. The number of pyridine rings is 1. The maximum Gasteiger partial charge on any atom is 0.157 e. The van der Waals surface area contributed by atoms with Gasteiger partial charge in [-0.25, -0.2) is 9.98 Å². The highest BCUT2D eigenvalue weighted by atomic mass is 16.5. The number of rotatable bonds is 5. The molecule has 2 aromatic rings. The molecule has 0 spiro atoms. The summed E-state index contributed by atoms with van der Waals surface area (Å²) < 4.78 is 5.71. The van der Waals surface area contributed by atoms with E-state index < -0.39 is 0 Å². The average molecular weight is 255 g/mol. The van der Waals surface area contributed by atoms with Gasteiger partial charge in [0.1, 0.15) is 12.4 Å². The molecule has 0 N–H and O–H groups in total. The lowest BCUT2D eigenvalue weighted by Gasteiger charge is -2.06. The van der Waals surface area contributed by atoms with Crippen LogP contribution in [0.25, 0.3) is 0 Å². The van der Waals surface area contributed by atoms with Crippen molar-refractivity contribution in [2.75, 3.05) is 14.1 Å². The Labute approximate surface area is 113 Å². The van der Waals surface area contributed by atoms with E-state index in [1.807, 2.05) is 61.5 Å². The van der Waals surface area contributed by atoms with Crippen LogP contribution in [0.5, 0.6) is 5.75 Å². The van der Waals surface area contributed by atoms with E-state index in [1.165, 1.54) is 0 Å². The first-order chi connectivity index (χ1) is 9.24. The first kappa shape index (κ1) is 13.1. The summed E-state index contributed by atoms with van der Waals surface area (Å²) in [4.78, 5) is 10.3. The van der Waals surface area contributed by atoms with Crippen molar-refractivity contribution in [2.24, 2.45) is 4.99 Å². The van der Waals surface area contributed by atoms with Crippen LogP contribution in [0.3, 0.4) is 0 Å². The Morgan fingerprint density at radius 2 is 2.00 bits per heavy atom. The van der Waals surface area contributed by atoms with Crippen molar-refractivity contribution in [3.8, 4) is 5.75 Å². The molecule has 0 aliphatic heterocycles. The van der Waals surface area contributed by atoms with Gasteiger partial charge in [0.2, 0.25) is 0 Å². The molecule has 0 atom stereocenters. The predicted molar refractivity (Wildman–Crippen MR) is 76.9 cm³/mol. The molecule has 0 saturated heterocycles. The molecule has 1 aromatic heterocycles. The van der Waals surface area contributed by atoms with Gasteiger partial charge in [-0.1, -0.05) is 30.3 Å². The highest BCUT2D eigenvalue weighted by molar-refractivity contribution is 5.59.